The highest BCUT2D eigenvalue weighted by atomic mass is 19.1. The van der Waals surface area contributed by atoms with Crippen LogP contribution in [0.15, 0.2) is 60.7 Å². The van der Waals surface area contributed by atoms with E-state index in [0.29, 0.717) is 19.6 Å². The highest BCUT2D eigenvalue weighted by molar-refractivity contribution is 5.68. The first-order valence-electron chi connectivity index (χ1n) is 9.76. The molecule has 0 radical (unpaired) electrons. The van der Waals surface area contributed by atoms with Crippen LogP contribution in [0.4, 0.5) is 9.18 Å². The summed E-state index contributed by atoms with van der Waals surface area (Å²) in [5, 5.41) is 0. The van der Waals surface area contributed by atoms with Gasteiger partial charge in [-0.2, -0.15) is 0 Å². The molecule has 150 valence electrons. The number of halogens is 1. The summed E-state index contributed by atoms with van der Waals surface area (Å²) in [5.74, 6) is 0. The largest absolute Gasteiger partial charge is 0.444 e. The van der Waals surface area contributed by atoms with E-state index in [-0.39, 0.29) is 12.6 Å². The van der Waals surface area contributed by atoms with Crippen LogP contribution in [0.5, 0.6) is 0 Å². The minimum absolute atomic E-state index is 0.0691. The molecule has 2 aromatic carbocycles. The molecule has 3 rings (SSSR count). The summed E-state index contributed by atoms with van der Waals surface area (Å²) in [5.41, 5.74) is 1.66. The van der Waals surface area contributed by atoms with E-state index in [1.54, 1.807) is 0 Å². The Morgan fingerprint density at radius 2 is 1.50 bits per heavy atom. The zero-order valence-corrected chi connectivity index (χ0v) is 16.8. The number of likely N-dealkylation sites (tertiary alicyclic amines) is 1. The maximum atomic E-state index is 15.0. The van der Waals surface area contributed by atoms with Gasteiger partial charge in [0, 0.05) is 19.6 Å². The molecule has 0 aliphatic carbocycles. The minimum Gasteiger partial charge on any atom is -0.444 e. The molecule has 1 saturated heterocycles. The standard InChI is InChI=1S/C23H29FN2O2/c1-23(2,3)28-22(27)26-16-20(24)21(17-26)25(14-18-10-6-4-7-11-18)15-19-12-8-5-9-13-19/h4-13,20-21H,14-17H2,1-3H3/t20-,21-/m1/s1. The molecule has 5 heteroatoms. The molecule has 0 aromatic heterocycles. The van der Waals surface area contributed by atoms with Crippen LogP contribution >= 0.6 is 0 Å². The van der Waals surface area contributed by atoms with Gasteiger partial charge in [-0.3, -0.25) is 4.90 Å². The second kappa shape index (κ2) is 8.74. The lowest BCUT2D eigenvalue weighted by atomic mass is 10.1. The van der Waals surface area contributed by atoms with Crippen molar-refractivity contribution < 1.29 is 13.9 Å². The zero-order valence-electron chi connectivity index (χ0n) is 16.8. The fraction of sp³-hybridized carbons (Fsp3) is 0.435. The van der Waals surface area contributed by atoms with E-state index in [0.717, 1.165) is 11.1 Å². The molecule has 0 N–H and O–H groups in total. The van der Waals surface area contributed by atoms with Crippen molar-refractivity contribution >= 4 is 6.09 Å². The van der Waals surface area contributed by atoms with Crippen LogP contribution < -0.4 is 0 Å². The lowest BCUT2D eigenvalue weighted by molar-refractivity contribution is 0.0275. The Morgan fingerprint density at radius 1 is 1.00 bits per heavy atom. The second-order valence-electron chi connectivity index (χ2n) is 8.34. The number of hydrogen-bond donors (Lipinski definition) is 0. The van der Waals surface area contributed by atoms with E-state index in [2.05, 4.69) is 4.90 Å². The summed E-state index contributed by atoms with van der Waals surface area (Å²) in [4.78, 5) is 16.0. The molecule has 1 amide bonds. The van der Waals surface area contributed by atoms with Crippen LogP contribution in [0.25, 0.3) is 0 Å². The van der Waals surface area contributed by atoms with Crippen molar-refractivity contribution in [2.24, 2.45) is 0 Å². The number of ether oxygens (including phenoxy) is 1. The third kappa shape index (κ3) is 5.55. The first kappa shape index (κ1) is 20.3. The van der Waals surface area contributed by atoms with Gasteiger partial charge in [0.1, 0.15) is 11.8 Å². The number of rotatable bonds is 5. The molecule has 0 spiro atoms. The monoisotopic (exact) mass is 384 g/mol. The van der Waals surface area contributed by atoms with E-state index in [4.69, 9.17) is 4.74 Å². The Labute approximate surface area is 166 Å². The summed E-state index contributed by atoms with van der Waals surface area (Å²) in [6, 6.07) is 19.7. The first-order valence-corrected chi connectivity index (χ1v) is 9.76. The predicted octanol–water partition coefficient (Wildman–Crippen LogP) is 4.65. The summed E-state index contributed by atoms with van der Waals surface area (Å²) in [7, 11) is 0. The molecule has 1 aliphatic rings. The van der Waals surface area contributed by atoms with Gasteiger partial charge in [-0.25, -0.2) is 9.18 Å². The molecule has 0 saturated carbocycles. The smallest absolute Gasteiger partial charge is 0.410 e. The summed E-state index contributed by atoms with van der Waals surface area (Å²) < 4.78 is 20.4. The molecule has 1 fully saturated rings. The molecule has 1 heterocycles. The highest BCUT2D eigenvalue weighted by Crippen LogP contribution is 2.25. The third-order valence-corrected chi connectivity index (χ3v) is 4.80. The van der Waals surface area contributed by atoms with Crippen molar-refractivity contribution in [3.63, 3.8) is 0 Å². The van der Waals surface area contributed by atoms with Gasteiger partial charge in [-0.1, -0.05) is 60.7 Å². The minimum atomic E-state index is -1.11. The Bertz CT molecular complexity index is 720. The van der Waals surface area contributed by atoms with Crippen LogP contribution in [0, 0.1) is 0 Å². The number of alkyl halides is 1. The van der Waals surface area contributed by atoms with Gasteiger partial charge in [-0.15, -0.1) is 0 Å². The zero-order chi connectivity index (χ0) is 20.1. The van der Waals surface area contributed by atoms with Crippen molar-refractivity contribution in [1.29, 1.82) is 0 Å². The normalized spacial score (nSPS) is 19.8. The lowest BCUT2D eigenvalue weighted by Crippen LogP contribution is -2.42. The van der Waals surface area contributed by atoms with Crippen molar-refractivity contribution in [1.82, 2.24) is 9.80 Å². The van der Waals surface area contributed by atoms with Crippen molar-refractivity contribution in [3.05, 3.63) is 71.8 Å². The Kier molecular flexibility index (Phi) is 6.35. The van der Waals surface area contributed by atoms with E-state index < -0.39 is 17.9 Å². The lowest BCUT2D eigenvalue weighted by Gasteiger charge is -2.30. The highest BCUT2D eigenvalue weighted by Gasteiger charge is 2.40. The van der Waals surface area contributed by atoms with Crippen LogP contribution in [0.2, 0.25) is 0 Å². The number of benzene rings is 2. The summed E-state index contributed by atoms with van der Waals surface area (Å²) in [6.07, 6.45) is -1.56. The maximum Gasteiger partial charge on any atom is 0.410 e. The fourth-order valence-corrected chi connectivity index (χ4v) is 3.49. The van der Waals surface area contributed by atoms with Gasteiger partial charge in [0.2, 0.25) is 0 Å². The summed E-state index contributed by atoms with van der Waals surface area (Å²) >= 11 is 0. The van der Waals surface area contributed by atoms with Gasteiger partial charge in [-0.05, 0) is 31.9 Å². The second-order valence-corrected chi connectivity index (χ2v) is 8.34. The van der Waals surface area contributed by atoms with E-state index >= 15 is 0 Å². The number of carbonyl (C=O) groups is 1. The quantitative estimate of drug-likeness (QED) is 0.752. The predicted molar refractivity (Wildman–Crippen MR) is 109 cm³/mol. The maximum absolute atomic E-state index is 15.0. The van der Waals surface area contributed by atoms with Crippen LogP contribution in [0.3, 0.4) is 0 Å². The van der Waals surface area contributed by atoms with Gasteiger partial charge in [0.05, 0.1) is 12.6 Å². The number of carbonyl (C=O) groups excluding carboxylic acids is 1. The third-order valence-electron chi connectivity index (χ3n) is 4.80. The molecule has 0 bridgehead atoms. The number of nitrogens with zero attached hydrogens (tertiary/aromatic N) is 2. The molecule has 1 aliphatic heterocycles. The average Bonchev–Trinajstić information content (AvgIpc) is 3.03. The van der Waals surface area contributed by atoms with Crippen LogP contribution in [0.1, 0.15) is 31.9 Å². The SMILES string of the molecule is CC(C)(C)OC(=O)N1C[C@@H](F)[C@H](N(Cc2ccccc2)Cc2ccccc2)C1. The van der Waals surface area contributed by atoms with Crippen LogP contribution in [-0.2, 0) is 17.8 Å². The average molecular weight is 384 g/mol. The van der Waals surface area contributed by atoms with Crippen molar-refractivity contribution in [2.75, 3.05) is 13.1 Å². The van der Waals surface area contributed by atoms with Gasteiger partial charge < -0.3 is 9.64 Å². The molecular weight excluding hydrogens is 355 g/mol. The van der Waals surface area contributed by atoms with E-state index in [1.165, 1.54) is 4.90 Å². The molecule has 4 nitrogen and oxygen atoms in total. The van der Waals surface area contributed by atoms with E-state index in [9.17, 15) is 9.18 Å². The fourth-order valence-electron chi connectivity index (χ4n) is 3.49. The number of hydrogen-bond acceptors (Lipinski definition) is 3. The molecule has 0 unspecified atom stereocenters. The Morgan fingerprint density at radius 3 is 1.96 bits per heavy atom. The van der Waals surface area contributed by atoms with Gasteiger partial charge >= 0.3 is 6.09 Å². The Balaban J connectivity index is 1.76. The van der Waals surface area contributed by atoms with E-state index in [1.807, 2.05) is 81.4 Å². The first-order chi connectivity index (χ1) is 13.3. The van der Waals surface area contributed by atoms with Crippen molar-refractivity contribution in [2.45, 2.75) is 51.7 Å². The molecule has 2 aromatic rings. The Hall–Kier alpha value is -2.40. The van der Waals surface area contributed by atoms with Crippen LogP contribution in [-0.4, -0.2) is 46.8 Å². The van der Waals surface area contributed by atoms with Crippen molar-refractivity contribution in [3.8, 4) is 0 Å². The molecule has 2 atom stereocenters. The van der Waals surface area contributed by atoms with Gasteiger partial charge in [0.15, 0.2) is 0 Å². The van der Waals surface area contributed by atoms with Gasteiger partial charge in [0.25, 0.3) is 0 Å². The summed E-state index contributed by atoms with van der Waals surface area (Å²) in [6.45, 7) is 7.12. The topological polar surface area (TPSA) is 32.8 Å². The molecule has 28 heavy (non-hydrogen) atoms. The molecular formula is C23H29FN2O2. The number of amides is 1.